The normalized spacial score (nSPS) is 13.0. The van der Waals surface area contributed by atoms with Gasteiger partial charge in [-0.25, -0.2) is 4.98 Å². The Labute approximate surface area is 125 Å². The highest BCUT2D eigenvalue weighted by Crippen LogP contribution is 2.30. The number of hydrogen-bond donors (Lipinski definition) is 1. The lowest BCUT2D eigenvalue weighted by atomic mass is 9.83. The molecule has 1 N–H and O–H groups in total. The molecule has 0 spiro atoms. The summed E-state index contributed by atoms with van der Waals surface area (Å²) in [7, 11) is 1.37. The first-order valence-corrected chi connectivity index (χ1v) is 7.06. The Bertz CT molecular complexity index is 486. The van der Waals surface area contributed by atoms with E-state index in [4.69, 9.17) is 4.74 Å². The standard InChI is InChI=1S/C14H24N4O3/c1-6-7-15-11(14(2,3)4)8-10-12(18(19)20)13(21-5)17-9-16-10/h9,11,15H,6-8H2,1-5H3. The quantitative estimate of drug-likeness (QED) is 0.613. The van der Waals surface area contributed by atoms with E-state index in [1.165, 1.54) is 13.4 Å². The maximum Gasteiger partial charge on any atom is 0.352 e. The second-order valence-corrected chi connectivity index (χ2v) is 6.01. The van der Waals surface area contributed by atoms with Crippen LogP contribution in [0.4, 0.5) is 5.69 Å². The molecule has 1 unspecified atom stereocenters. The van der Waals surface area contributed by atoms with Crippen LogP contribution in [0.2, 0.25) is 0 Å². The molecular weight excluding hydrogens is 272 g/mol. The van der Waals surface area contributed by atoms with Crippen molar-refractivity contribution in [3.05, 3.63) is 22.1 Å². The van der Waals surface area contributed by atoms with Crippen molar-refractivity contribution < 1.29 is 9.66 Å². The molecule has 0 aliphatic carbocycles. The highest BCUT2D eigenvalue weighted by Gasteiger charge is 2.30. The molecule has 0 aliphatic heterocycles. The van der Waals surface area contributed by atoms with Crippen molar-refractivity contribution in [1.82, 2.24) is 15.3 Å². The van der Waals surface area contributed by atoms with Gasteiger partial charge >= 0.3 is 5.69 Å². The number of hydrogen-bond acceptors (Lipinski definition) is 6. The predicted octanol–water partition coefficient (Wildman–Crippen LogP) is 2.35. The lowest BCUT2D eigenvalue weighted by Gasteiger charge is -2.31. The third kappa shape index (κ3) is 4.63. The predicted molar refractivity (Wildman–Crippen MR) is 80.5 cm³/mol. The van der Waals surface area contributed by atoms with E-state index < -0.39 is 4.92 Å². The third-order valence-electron chi connectivity index (χ3n) is 3.32. The van der Waals surface area contributed by atoms with Gasteiger partial charge in [0.25, 0.3) is 5.88 Å². The summed E-state index contributed by atoms with van der Waals surface area (Å²) in [4.78, 5) is 18.7. The van der Waals surface area contributed by atoms with E-state index in [2.05, 4.69) is 43.0 Å². The summed E-state index contributed by atoms with van der Waals surface area (Å²) in [6.07, 6.45) is 2.77. The van der Waals surface area contributed by atoms with Gasteiger partial charge in [-0.1, -0.05) is 27.7 Å². The molecule has 0 radical (unpaired) electrons. The van der Waals surface area contributed by atoms with Gasteiger partial charge in [0, 0.05) is 12.5 Å². The van der Waals surface area contributed by atoms with Crippen LogP contribution >= 0.6 is 0 Å². The molecular formula is C14H24N4O3. The van der Waals surface area contributed by atoms with E-state index >= 15 is 0 Å². The first kappa shape index (κ1) is 17.3. The van der Waals surface area contributed by atoms with Gasteiger partial charge in [-0.2, -0.15) is 4.98 Å². The highest BCUT2D eigenvalue weighted by atomic mass is 16.6. The Morgan fingerprint density at radius 2 is 2.10 bits per heavy atom. The summed E-state index contributed by atoms with van der Waals surface area (Å²) < 4.78 is 4.98. The molecule has 7 nitrogen and oxygen atoms in total. The van der Waals surface area contributed by atoms with Gasteiger partial charge in [0.1, 0.15) is 12.0 Å². The number of aromatic nitrogens is 2. The molecule has 1 aromatic rings. The van der Waals surface area contributed by atoms with Crippen molar-refractivity contribution in [3.63, 3.8) is 0 Å². The Balaban J connectivity index is 3.11. The molecule has 0 fully saturated rings. The van der Waals surface area contributed by atoms with E-state index in [1.807, 2.05) is 0 Å². The molecule has 1 aromatic heterocycles. The van der Waals surface area contributed by atoms with E-state index in [9.17, 15) is 10.1 Å². The molecule has 118 valence electrons. The van der Waals surface area contributed by atoms with Crippen molar-refractivity contribution in [1.29, 1.82) is 0 Å². The monoisotopic (exact) mass is 296 g/mol. The minimum atomic E-state index is -0.478. The number of nitrogens with zero attached hydrogens (tertiary/aromatic N) is 3. The van der Waals surface area contributed by atoms with E-state index in [-0.39, 0.29) is 23.0 Å². The maximum atomic E-state index is 11.3. The first-order valence-electron chi connectivity index (χ1n) is 7.06. The van der Waals surface area contributed by atoms with Crippen LogP contribution in [0.15, 0.2) is 6.33 Å². The molecule has 1 rings (SSSR count). The molecule has 21 heavy (non-hydrogen) atoms. The van der Waals surface area contributed by atoms with Gasteiger partial charge < -0.3 is 10.1 Å². The zero-order valence-electron chi connectivity index (χ0n) is 13.3. The molecule has 1 heterocycles. The summed E-state index contributed by atoms with van der Waals surface area (Å²) >= 11 is 0. The molecule has 0 saturated heterocycles. The van der Waals surface area contributed by atoms with Gasteiger partial charge in [0.15, 0.2) is 0 Å². The highest BCUT2D eigenvalue weighted by molar-refractivity contribution is 5.45. The Morgan fingerprint density at radius 3 is 2.57 bits per heavy atom. The van der Waals surface area contributed by atoms with Crippen LogP contribution in [-0.4, -0.2) is 34.6 Å². The van der Waals surface area contributed by atoms with Gasteiger partial charge in [-0.05, 0) is 18.4 Å². The summed E-state index contributed by atoms with van der Waals surface area (Å²) in [5, 5.41) is 14.7. The van der Waals surface area contributed by atoms with Crippen molar-refractivity contribution >= 4 is 5.69 Å². The Hall–Kier alpha value is -1.76. The van der Waals surface area contributed by atoms with Crippen LogP contribution in [0.3, 0.4) is 0 Å². The van der Waals surface area contributed by atoms with Gasteiger partial charge in [-0.3, -0.25) is 10.1 Å². The number of rotatable bonds is 7. The minimum absolute atomic E-state index is 0.00755. The van der Waals surface area contributed by atoms with Crippen molar-refractivity contribution in [3.8, 4) is 5.88 Å². The first-order chi connectivity index (χ1) is 9.81. The fourth-order valence-electron chi connectivity index (χ4n) is 2.08. The molecule has 0 saturated carbocycles. The number of nitro groups is 1. The van der Waals surface area contributed by atoms with Crippen LogP contribution in [0.5, 0.6) is 5.88 Å². The van der Waals surface area contributed by atoms with Crippen molar-refractivity contribution in [2.24, 2.45) is 5.41 Å². The summed E-state index contributed by atoms with van der Waals surface area (Å²) in [5.41, 5.74) is 0.212. The smallest absolute Gasteiger partial charge is 0.352 e. The van der Waals surface area contributed by atoms with Crippen molar-refractivity contribution in [2.75, 3.05) is 13.7 Å². The lowest BCUT2D eigenvalue weighted by molar-refractivity contribution is -0.387. The SMILES string of the molecule is CCCNC(Cc1ncnc(OC)c1[N+](=O)[O-])C(C)(C)C. The third-order valence-corrected chi connectivity index (χ3v) is 3.32. The van der Waals surface area contributed by atoms with E-state index in [0.717, 1.165) is 13.0 Å². The van der Waals surface area contributed by atoms with Crippen LogP contribution in [0.1, 0.15) is 39.8 Å². The molecule has 1 atom stereocenters. The van der Waals surface area contributed by atoms with Gasteiger partial charge in [0.2, 0.25) is 0 Å². The van der Waals surface area contributed by atoms with E-state index in [0.29, 0.717) is 12.1 Å². The maximum absolute atomic E-state index is 11.3. The van der Waals surface area contributed by atoms with Crippen LogP contribution in [0, 0.1) is 15.5 Å². The fourth-order valence-corrected chi connectivity index (χ4v) is 2.08. The molecule has 0 aliphatic rings. The molecule has 0 bridgehead atoms. The minimum Gasteiger partial charge on any atom is -0.476 e. The summed E-state index contributed by atoms with van der Waals surface area (Å²) in [5.74, 6) is 0.00755. The lowest BCUT2D eigenvalue weighted by Crippen LogP contribution is -2.42. The average Bonchev–Trinajstić information content (AvgIpc) is 2.41. The fraction of sp³-hybridized carbons (Fsp3) is 0.714. The van der Waals surface area contributed by atoms with E-state index in [1.54, 1.807) is 0 Å². The Kier molecular flexibility index (Phi) is 6.02. The molecule has 0 amide bonds. The Morgan fingerprint density at radius 1 is 1.43 bits per heavy atom. The molecule has 0 aromatic carbocycles. The largest absolute Gasteiger partial charge is 0.476 e. The van der Waals surface area contributed by atoms with Crippen LogP contribution < -0.4 is 10.1 Å². The second kappa shape index (κ2) is 7.31. The van der Waals surface area contributed by atoms with Gasteiger partial charge in [0.05, 0.1) is 12.0 Å². The average molecular weight is 296 g/mol. The zero-order valence-corrected chi connectivity index (χ0v) is 13.3. The summed E-state index contributed by atoms with van der Waals surface area (Å²) in [6, 6.07) is 0.0794. The molecule has 7 heteroatoms. The summed E-state index contributed by atoms with van der Waals surface area (Å²) in [6.45, 7) is 9.25. The zero-order chi connectivity index (χ0) is 16.0. The van der Waals surface area contributed by atoms with Crippen LogP contribution in [0.25, 0.3) is 0 Å². The van der Waals surface area contributed by atoms with Gasteiger partial charge in [-0.15, -0.1) is 0 Å². The second-order valence-electron chi connectivity index (χ2n) is 6.01. The van der Waals surface area contributed by atoms with Crippen LogP contribution in [-0.2, 0) is 6.42 Å². The topological polar surface area (TPSA) is 90.2 Å². The number of ether oxygens (including phenoxy) is 1. The number of nitrogens with one attached hydrogen (secondary N) is 1. The van der Waals surface area contributed by atoms with Crippen molar-refractivity contribution in [2.45, 2.75) is 46.6 Å². The number of methoxy groups -OCH3 is 1.